The van der Waals surface area contributed by atoms with E-state index in [0.717, 1.165) is 0 Å². The number of sulfonamides is 1. The van der Waals surface area contributed by atoms with Gasteiger partial charge in [-0.1, -0.05) is 15.9 Å². The zero-order valence-corrected chi connectivity index (χ0v) is 9.61. The minimum atomic E-state index is -3.11. The Morgan fingerprint density at radius 2 is 2.17 bits per heavy atom. The lowest BCUT2D eigenvalue weighted by Crippen LogP contribution is -2.39. The molecule has 0 spiro atoms. The Labute approximate surface area is 81.9 Å². The summed E-state index contributed by atoms with van der Waals surface area (Å²) >= 11 is 3.19. The maximum absolute atomic E-state index is 11.1. The molecule has 6 heteroatoms. The summed E-state index contributed by atoms with van der Waals surface area (Å²) in [6.07, 6.45) is 0. The van der Waals surface area contributed by atoms with Crippen LogP contribution < -0.4 is 4.72 Å². The molecule has 0 bridgehead atoms. The van der Waals surface area contributed by atoms with E-state index in [2.05, 4.69) is 20.7 Å². The number of ether oxygens (including phenoxy) is 1. The molecule has 0 amide bonds. The van der Waals surface area contributed by atoms with E-state index in [9.17, 15) is 8.42 Å². The molecule has 0 aliphatic rings. The lowest BCUT2D eigenvalue weighted by atomic mass is 10.4. The number of methoxy groups -OCH3 is 1. The van der Waals surface area contributed by atoms with Gasteiger partial charge in [-0.2, -0.15) is 0 Å². The van der Waals surface area contributed by atoms with Crippen molar-refractivity contribution in [1.29, 1.82) is 0 Å². The Morgan fingerprint density at radius 3 is 2.50 bits per heavy atom. The molecule has 1 N–H and O–H groups in total. The molecular weight excluding hydrogens is 246 g/mol. The average molecular weight is 260 g/mol. The Hall–Kier alpha value is 0.350. The molecule has 0 aromatic heterocycles. The van der Waals surface area contributed by atoms with Crippen LogP contribution in [0.4, 0.5) is 0 Å². The molecule has 0 radical (unpaired) electrons. The second-order valence-electron chi connectivity index (χ2n) is 2.33. The number of halogens is 1. The predicted molar refractivity (Wildman–Crippen MR) is 52.1 cm³/mol. The molecule has 1 atom stereocenters. The molecule has 0 saturated carbocycles. The van der Waals surface area contributed by atoms with Crippen LogP contribution in [0.3, 0.4) is 0 Å². The van der Waals surface area contributed by atoms with Gasteiger partial charge in [0.15, 0.2) is 0 Å². The molecule has 0 heterocycles. The molecule has 0 aromatic rings. The molecule has 0 aromatic carbocycles. The lowest BCUT2D eigenvalue weighted by Gasteiger charge is -2.13. The maximum Gasteiger partial charge on any atom is 0.211 e. The van der Waals surface area contributed by atoms with Crippen molar-refractivity contribution in [3.8, 4) is 0 Å². The molecule has 74 valence electrons. The van der Waals surface area contributed by atoms with Crippen molar-refractivity contribution >= 4 is 26.0 Å². The first kappa shape index (κ1) is 12.3. The summed E-state index contributed by atoms with van der Waals surface area (Å²) in [6.45, 7) is 1.98. The van der Waals surface area contributed by atoms with Crippen LogP contribution in [0, 0.1) is 0 Å². The monoisotopic (exact) mass is 259 g/mol. The SMILES string of the molecule is CCS(=O)(=O)NC(CBr)COC. The van der Waals surface area contributed by atoms with Crippen LogP contribution in [0.2, 0.25) is 0 Å². The van der Waals surface area contributed by atoms with E-state index in [1.807, 2.05) is 0 Å². The van der Waals surface area contributed by atoms with E-state index < -0.39 is 10.0 Å². The Bertz CT molecular complexity index is 205. The van der Waals surface area contributed by atoms with Crippen LogP contribution in [-0.2, 0) is 14.8 Å². The number of alkyl halides is 1. The van der Waals surface area contributed by atoms with E-state index in [1.165, 1.54) is 7.11 Å². The van der Waals surface area contributed by atoms with Gasteiger partial charge in [-0.25, -0.2) is 13.1 Å². The summed E-state index contributed by atoms with van der Waals surface area (Å²) in [7, 11) is -1.58. The molecule has 0 aliphatic heterocycles. The third kappa shape index (κ3) is 5.08. The van der Waals surface area contributed by atoms with Gasteiger partial charge in [0.2, 0.25) is 10.0 Å². The third-order valence-electron chi connectivity index (χ3n) is 1.28. The van der Waals surface area contributed by atoms with Crippen LogP contribution in [0.5, 0.6) is 0 Å². The zero-order chi connectivity index (χ0) is 9.61. The predicted octanol–water partition coefficient (Wildman–Crippen LogP) is 0.336. The largest absolute Gasteiger partial charge is 0.383 e. The van der Waals surface area contributed by atoms with Gasteiger partial charge in [0.1, 0.15) is 0 Å². The molecule has 1 unspecified atom stereocenters. The molecule has 12 heavy (non-hydrogen) atoms. The Kier molecular flexibility index (Phi) is 6.08. The van der Waals surface area contributed by atoms with E-state index in [0.29, 0.717) is 11.9 Å². The Balaban J connectivity index is 4.02. The van der Waals surface area contributed by atoms with Crippen molar-refractivity contribution in [3.63, 3.8) is 0 Å². The lowest BCUT2D eigenvalue weighted by molar-refractivity contribution is 0.182. The summed E-state index contributed by atoms with van der Waals surface area (Å²) in [5, 5.41) is 0.556. The summed E-state index contributed by atoms with van der Waals surface area (Å²) in [4.78, 5) is 0. The fraction of sp³-hybridized carbons (Fsp3) is 1.00. The van der Waals surface area contributed by atoms with E-state index in [-0.39, 0.29) is 11.8 Å². The van der Waals surface area contributed by atoms with Gasteiger partial charge in [-0.05, 0) is 6.92 Å². The average Bonchev–Trinajstić information content (AvgIpc) is 2.03. The highest BCUT2D eigenvalue weighted by molar-refractivity contribution is 9.09. The second-order valence-corrected chi connectivity index (χ2v) is 5.02. The highest BCUT2D eigenvalue weighted by atomic mass is 79.9. The van der Waals surface area contributed by atoms with Gasteiger partial charge < -0.3 is 4.74 Å². The smallest absolute Gasteiger partial charge is 0.211 e. The summed E-state index contributed by atoms with van der Waals surface area (Å²) in [5.41, 5.74) is 0. The van der Waals surface area contributed by atoms with Crippen LogP contribution in [0.1, 0.15) is 6.92 Å². The molecular formula is C6H14BrNO3S. The summed E-state index contributed by atoms with van der Waals surface area (Å²) in [6, 6.07) is -0.181. The second kappa shape index (κ2) is 5.90. The first-order chi connectivity index (χ1) is 5.55. The maximum atomic E-state index is 11.1. The first-order valence-electron chi connectivity index (χ1n) is 3.60. The normalized spacial score (nSPS) is 14.6. The van der Waals surface area contributed by atoms with Crippen LogP contribution in [0.25, 0.3) is 0 Å². The van der Waals surface area contributed by atoms with E-state index in [1.54, 1.807) is 6.92 Å². The van der Waals surface area contributed by atoms with Crippen molar-refractivity contribution in [1.82, 2.24) is 4.72 Å². The molecule has 0 rings (SSSR count). The minimum Gasteiger partial charge on any atom is -0.383 e. The first-order valence-corrected chi connectivity index (χ1v) is 6.38. The number of hydrogen-bond donors (Lipinski definition) is 1. The van der Waals surface area contributed by atoms with Crippen molar-refractivity contribution in [3.05, 3.63) is 0 Å². The van der Waals surface area contributed by atoms with Crippen LogP contribution in [0.15, 0.2) is 0 Å². The van der Waals surface area contributed by atoms with Gasteiger partial charge in [-0.3, -0.25) is 0 Å². The number of rotatable bonds is 6. The molecule has 0 aliphatic carbocycles. The number of hydrogen-bond acceptors (Lipinski definition) is 3. The number of nitrogens with one attached hydrogen (secondary N) is 1. The van der Waals surface area contributed by atoms with Gasteiger partial charge in [-0.15, -0.1) is 0 Å². The summed E-state index contributed by atoms with van der Waals surface area (Å²) < 4.78 is 29.4. The van der Waals surface area contributed by atoms with Crippen molar-refractivity contribution in [2.24, 2.45) is 0 Å². The van der Waals surface area contributed by atoms with Crippen molar-refractivity contribution in [2.75, 3.05) is 24.8 Å². The molecule has 4 nitrogen and oxygen atoms in total. The van der Waals surface area contributed by atoms with Gasteiger partial charge >= 0.3 is 0 Å². The third-order valence-corrected chi connectivity index (χ3v) is 3.51. The van der Waals surface area contributed by atoms with Crippen molar-refractivity contribution < 1.29 is 13.2 Å². The summed E-state index contributed by atoms with van der Waals surface area (Å²) in [5.74, 6) is 0.0974. The molecule has 0 saturated heterocycles. The highest BCUT2D eigenvalue weighted by Gasteiger charge is 2.14. The standard InChI is InChI=1S/C6H14BrNO3S/c1-3-12(9,10)8-6(4-7)5-11-2/h6,8H,3-5H2,1-2H3. The minimum absolute atomic E-state index is 0.0974. The van der Waals surface area contributed by atoms with Gasteiger partial charge in [0, 0.05) is 12.4 Å². The fourth-order valence-corrected chi connectivity index (χ4v) is 2.04. The van der Waals surface area contributed by atoms with Crippen LogP contribution >= 0.6 is 15.9 Å². The van der Waals surface area contributed by atoms with E-state index >= 15 is 0 Å². The quantitative estimate of drug-likeness (QED) is 0.700. The van der Waals surface area contributed by atoms with Gasteiger partial charge in [0.05, 0.1) is 18.4 Å². The zero-order valence-electron chi connectivity index (χ0n) is 7.21. The topological polar surface area (TPSA) is 55.4 Å². The van der Waals surface area contributed by atoms with E-state index in [4.69, 9.17) is 4.74 Å². The fourth-order valence-electron chi connectivity index (χ4n) is 0.649. The van der Waals surface area contributed by atoms with Gasteiger partial charge in [0.25, 0.3) is 0 Å². The Morgan fingerprint density at radius 1 is 1.58 bits per heavy atom. The van der Waals surface area contributed by atoms with Crippen molar-refractivity contribution in [2.45, 2.75) is 13.0 Å². The molecule has 0 fully saturated rings. The van der Waals surface area contributed by atoms with Crippen LogP contribution in [-0.4, -0.2) is 39.3 Å². The highest BCUT2D eigenvalue weighted by Crippen LogP contribution is 1.95.